The Morgan fingerprint density at radius 2 is 2.04 bits per heavy atom. The fourth-order valence-corrected chi connectivity index (χ4v) is 1.66. The number of fused-ring (bicyclic) bond motifs is 1. The number of aromatic nitrogens is 2. The van der Waals surface area contributed by atoms with Crippen molar-refractivity contribution in [2.75, 3.05) is 12.1 Å². The van der Waals surface area contributed by atoms with Gasteiger partial charge in [-0.3, -0.25) is 10.3 Å². The molecular weight excluding hydrogens is 298 g/mol. The van der Waals surface area contributed by atoms with Gasteiger partial charge in [-0.25, -0.2) is 9.31 Å². The second kappa shape index (κ2) is 6.17. The van der Waals surface area contributed by atoms with E-state index in [1.54, 1.807) is 63.5 Å². The Balaban J connectivity index is 2.16. The zero-order chi connectivity index (χ0) is 17.3. The number of hydrogen-bond donors (Lipinski definition) is 2. The SMILES string of the molecule is CCOC(=O)c1cc2ccc(NOC(C)(C)C(C)(C)O)cn2n1. The normalized spacial score (nSPS) is 12.4. The quantitative estimate of drug-likeness (QED) is 0.628. The van der Waals surface area contributed by atoms with Crippen LogP contribution in [0.25, 0.3) is 5.52 Å². The molecule has 0 amide bonds. The van der Waals surface area contributed by atoms with Gasteiger partial charge in [0.25, 0.3) is 0 Å². The lowest BCUT2D eigenvalue weighted by atomic mass is 9.90. The Labute approximate surface area is 135 Å². The first-order chi connectivity index (χ1) is 10.6. The third-order valence-electron chi connectivity index (χ3n) is 3.84. The number of carbonyl (C=O) groups excluding carboxylic acids is 1. The molecule has 7 heteroatoms. The molecule has 0 atom stereocenters. The van der Waals surface area contributed by atoms with Gasteiger partial charge in [-0.1, -0.05) is 0 Å². The topological polar surface area (TPSA) is 85.1 Å². The van der Waals surface area contributed by atoms with E-state index in [1.165, 1.54) is 0 Å². The lowest BCUT2D eigenvalue weighted by molar-refractivity contribution is -0.130. The summed E-state index contributed by atoms with van der Waals surface area (Å²) in [4.78, 5) is 17.3. The molecule has 7 nitrogen and oxygen atoms in total. The second-order valence-corrected chi connectivity index (χ2v) is 6.31. The fraction of sp³-hybridized carbons (Fsp3) is 0.500. The van der Waals surface area contributed by atoms with Gasteiger partial charge in [0.1, 0.15) is 5.60 Å². The summed E-state index contributed by atoms with van der Waals surface area (Å²) < 4.78 is 6.50. The van der Waals surface area contributed by atoms with Gasteiger partial charge in [0.05, 0.1) is 29.6 Å². The Morgan fingerprint density at radius 3 is 2.65 bits per heavy atom. The Hall–Kier alpha value is -2.12. The number of esters is 1. The molecule has 126 valence electrons. The van der Waals surface area contributed by atoms with Crippen molar-refractivity contribution in [2.45, 2.75) is 45.8 Å². The molecule has 0 saturated carbocycles. The van der Waals surface area contributed by atoms with E-state index in [2.05, 4.69) is 10.6 Å². The van der Waals surface area contributed by atoms with Crippen LogP contribution in [0, 0.1) is 0 Å². The highest BCUT2D eigenvalue weighted by atomic mass is 16.7. The smallest absolute Gasteiger partial charge is 0.358 e. The van der Waals surface area contributed by atoms with Crippen molar-refractivity contribution < 1.29 is 19.5 Å². The summed E-state index contributed by atoms with van der Waals surface area (Å²) in [7, 11) is 0. The predicted octanol–water partition coefficient (Wildman–Crippen LogP) is 2.40. The van der Waals surface area contributed by atoms with Gasteiger partial charge in [0.2, 0.25) is 0 Å². The van der Waals surface area contributed by atoms with Crippen LogP contribution in [0.5, 0.6) is 0 Å². The first-order valence-electron chi connectivity index (χ1n) is 7.47. The molecule has 23 heavy (non-hydrogen) atoms. The predicted molar refractivity (Wildman–Crippen MR) is 86.2 cm³/mol. The van der Waals surface area contributed by atoms with E-state index in [9.17, 15) is 9.90 Å². The molecule has 0 aliphatic carbocycles. The minimum absolute atomic E-state index is 0.252. The van der Waals surface area contributed by atoms with Crippen molar-refractivity contribution >= 4 is 17.2 Å². The lowest BCUT2D eigenvalue weighted by Gasteiger charge is -2.36. The zero-order valence-corrected chi connectivity index (χ0v) is 14.1. The first kappa shape index (κ1) is 17.2. The summed E-state index contributed by atoms with van der Waals surface area (Å²) in [6.07, 6.45) is 1.69. The monoisotopic (exact) mass is 321 g/mol. The van der Waals surface area contributed by atoms with Crippen molar-refractivity contribution in [1.82, 2.24) is 9.61 Å². The number of anilines is 1. The standard InChI is InChI=1S/C16H23N3O4/c1-6-22-14(20)13-9-12-8-7-11(10-19(12)17-13)18-23-16(4,5)15(2,3)21/h7-10,18,21H,6H2,1-5H3. The number of rotatable bonds is 6. The van der Waals surface area contributed by atoms with Gasteiger partial charge in [-0.2, -0.15) is 5.10 Å². The molecule has 2 N–H and O–H groups in total. The Bertz CT molecular complexity index is 701. The van der Waals surface area contributed by atoms with Crippen LogP contribution in [0.15, 0.2) is 24.4 Å². The van der Waals surface area contributed by atoms with Gasteiger partial charge in [-0.05, 0) is 52.8 Å². The number of ether oxygens (including phenoxy) is 1. The maximum Gasteiger partial charge on any atom is 0.358 e. The van der Waals surface area contributed by atoms with Crippen LogP contribution in [0.1, 0.15) is 45.1 Å². The minimum Gasteiger partial charge on any atom is -0.461 e. The van der Waals surface area contributed by atoms with E-state index < -0.39 is 17.2 Å². The Morgan fingerprint density at radius 1 is 1.35 bits per heavy atom. The van der Waals surface area contributed by atoms with Crippen LogP contribution in [0.2, 0.25) is 0 Å². The molecule has 0 fully saturated rings. The highest BCUT2D eigenvalue weighted by Gasteiger charge is 2.37. The van der Waals surface area contributed by atoms with Crippen molar-refractivity contribution in [2.24, 2.45) is 0 Å². The molecule has 0 aromatic carbocycles. The van der Waals surface area contributed by atoms with Gasteiger partial charge in [0.15, 0.2) is 5.69 Å². The molecule has 0 aliphatic heterocycles. The van der Waals surface area contributed by atoms with Crippen molar-refractivity contribution in [3.63, 3.8) is 0 Å². The summed E-state index contributed by atoms with van der Waals surface area (Å²) >= 11 is 0. The summed E-state index contributed by atoms with van der Waals surface area (Å²) in [5, 5.41) is 14.3. The molecule has 0 unspecified atom stereocenters. The third-order valence-corrected chi connectivity index (χ3v) is 3.84. The number of carbonyl (C=O) groups is 1. The average Bonchev–Trinajstić information content (AvgIpc) is 2.87. The maximum absolute atomic E-state index is 11.7. The lowest BCUT2D eigenvalue weighted by Crippen LogP contribution is -2.48. The molecule has 0 bridgehead atoms. The summed E-state index contributed by atoms with van der Waals surface area (Å²) in [6, 6.07) is 5.26. The van der Waals surface area contributed by atoms with Crippen LogP contribution < -0.4 is 5.48 Å². The molecule has 0 saturated heterocycles. The maximum atomic E-state index is 11.7. The number of nitrogens with one attached hydrogen (secondary N) is 1. The number of pyridine rings is 1. The van der Waals surface area contributed by atoms with Gasteiger partial charge < -0.3 is 9.84 Å². The first-order valence-corrected chi connectivity index (χ1v) is 7.47. The van der Waals surface area contributed by atoms with Gasteiger partial charge in [-0.15, -0.1) is 0 Å². The number of hydrogen-bond acceptors (Lipinski definition) is 6. The van der Waals surface area contributed by atoms with Crippen molar-refractivity contribution in [3.8, 4) is 0 Å². The molecule has 0 radical (unpaired) electrons. The van der Waals surface area contributed by atoms with Gasteiger partial charge in [0, 0.05) is 0 Å². The van der Waals surface area contributed by atoms with Crippen molar-refractivity contribution in [3.05, 3.63) is 30.1 Å². The largest absolute Gasteiger partial charge is 0.461 e. The van der Waals surface area contributed by atoms with E-state index in [0.717, 1.165) is 5.52 Å². The van der Waals surface area contributed by atoms with Crippen LogP contribution in [-0.2, 0) is 9.57 Å². The summed E-state index contributed by atoms with van der Waals surface area (Å²) in [5.41, 5.74) is 2.65. The summed E-state index contributed by atoms with van der Waals surface area (Å²) in [5.74, 6) is -0.454. The Kier molecular flexibility index (Phi) is 4.63. The zero-order valence-electron chi connectivity index (χ0n) is 14.1. The van der Waals surface area contributed by atoms with Crippen LogP contribution >= 0.6 is 0 Å². The molecule has 2 aromatic rings. The van der Waals surface area contributed by atoms with E-state index in [-0.39, 0.29) is 5.69 Å². The third kappa shape index (κ3) is 3.80. The fourth-order valence-electron chi connectivity index (χ4n) is 1.66. The molecule has 2 rings (SSSR count). The van der Waals surface area contributed by atoms with Crippen molar-refractivity contribution in [1.29, 1.82) is 0 Å². The average molecular weight is 321 g/mol. The minimum atomic E-state index is -1.02. The summed E-state index contributed by atoms with van der Waals surface area (Å²) in [6.45, 7) is 8.97. The highest BCUT2D eigenvalue weighted by Crippen LogP contribution is 2.25. The highest BCUT2D eigenvalue weighted by molar-refractivity contribution is 5.88. The van der Waals surface area contributed by atoms with E-state index in [0.29, 0.717) is 12.3 Å². The van der Waals surface area contributed by atoms with Gasteiger partial charge >= 0.3 is 5.97 Å². The molecular formula is C16H23N3O4. The van der Waals surface area contributed by atoms with E-state index in [1.807, 2.05) is 0 Å². The number of aliphatic hydroxyl groups is 1. The van der Waals surface area contributed by atoms with Crippen LogP contribution in [0.4, 0.5) is 5.69 Å². The number of nitrogens with zero attached hydrogens (tertiary/aromatic N) is 2. The molecule has 2 heterocycles. The van der Waals surface area contributed by atoms with Crippen LogP contribution in [-0.4, -0.2) is 38.5 Å². The van der Waals surface area contributed by atoms with Crippen LogP contribution in [0.3, 0.4) is 0 Å². The second-order valence-electron chi connectivity index (χ2n) is 6.31. The molecule has 2 aromatic heterocycles. The van der Waals surface area contributed by atoms with E-state index >= 15 is 0 Å². The molecule has 0 aliphatic rings. The molecule has 0 spiro atoms. The van der Waals surface area contributed by atoms with E-state index in [4.69, 9.17) is 9.57 Å².